The van der Waals surface area contributed by atoms with Crippen LogP contribution in [0.5, 0.6) is 0 Å². The van der Waals surface area contributed by atoms with Gasteiger partial charge in [-0.3, -0.25) is 0 Å². The largest absolute Gasteiger partial charge is 0.351 e. The molecule has 2 rings (SSSR count). The van der Waals surface area contributed by atoms with Gasteiger partial charge in [0.15, 0.2) is 0 Å². The van der Waals surface area contributed by atoms with Crippen LogP contribution in [0.4, 0.5) is 4.79 Å². The van der Waals surface area contributed by atoms with Crippen LogP contribution in [0, 0.1) is 6.92 Å². The molecular weight excluding hydrogens is 266 g/mol. The van der Waals surface area contributed by atoms with E-state index in [1.165, 1.54) is 12.1 Å². The second-order valence-corrected chi connectivity index (χ2v) is 6.13. The highest BCUT2D eigenvalue weighted by Gasteiger charge is 2.27. The fourth-order valence-electron chi connectivity index (χ4n) is 1.69. The summed E-state index contributed by atoms with van der Waals surface area (Å²) < 4.78 is 26.0. The second kappa shape index (κ2) is 5.00. The normalized spacial score (nSPS) is 18.6. The maximum atomic E-state index is 12.0. The fraction of sp³-hybridized carbons (Fsp3) is 0.333. The lowest BCUT2D eigenvalue weighted by Gasteiger charge is -2.18. The average molecular weight is 281 g/mol. The van der Waals surface area contributed by atoms with Crippen molar-refractivity contribution in [2.75, 3.05) is 0 Å². The van der Waals surface area contributed by atoms with Gasteiger partial charge in [-0.25, -0.2) is 22.9 Å². The van der Waals surface area contributed by atoms with E-state index in [2.05, 4.69) is 5.10 Å². The number of sulfonamides is 1. The lowest BCUT2D eigenvalue weighted by atomic mass is 10.2. The van der Waals surface area contributed by atoms with Gasteiger partial charge in [-0.05, 0) is 26.0 Å². The van der Waals surface area contributed by atoms with E-state index < -0.39 is 16.1 Å². The van der Waals surface area contributed by atoms with E-state index in [0.29, 0.717) is 6.42 Å². The van der Waals surface area contributed by atoms with Crippen molar-refractivity contribution in [3.63, 3.8) is 0 Å². The number of nitrogens with one attached hydrogen (secondary N) is 1. The Balaban J connectivity index is 2.15. The molecule has 7 heteroatoms. The van der Waals surface area contributed by atoms with E-state index in [1.54, 1.807) is 25.3 Å². The number of aryl methyl sites for hydroxylation is 1. The first kappa shape index (κ1) is 13.5. The zero-order valence-corrected chi connectivity index (χ0v) is 11.5. The van der Waals surface area contributed by atoms with Crippen LogP contribution in [0.15, 0.2) is 34.3 Å². The number of rotatable bonds is 2. The maximum Gasteiger partial charge on any atom is 0.351 e. The van der Waals surface area contributed by atoms with Crippen molar-refractivity contribution in [3.8, 4) is 0 Å². The molecule has 1 aromatic rings. The molecule has 1 aliphatic heterocycles. The maximum absolute atomic E-state index is 12.0. The molecule has 1 atom stereocenters. The summed E-state index contributed by atoms with van der Waals surface area (Å²) in [7, 11) is -3.85. The number of hydrogen-bond acceptors (Lipinski definition) is 4. The number of hydrazone groups is 1. The van der Waals surface area contributed by atoms with Gasteiger partial charge in [-0.2, -0.15) is 5.10 Å². The third kappa shape index (κ3) is 2.93. The van der Waals surface area contributed by atoms with Gasteiger partial charge in [0.25, 0.3) is 10.0 Å². The molecule has 0 fully saturated rings. The Bertz CT molecular complexity index is 608. The minimum atomic E-state index is -3.85. The summed E-state index contributed by atoms with van der Waals surface area (Å²) >= 11 is 0. The number of carbonyl (C=O) groups excluding carboxylic acids is 1. The van der Waals surface area contributed by atoms with Crippen LogP contribution < -0.4 is 4.72 Å². The van der Waals surface area contributed by atoms with Crippen LogP contribution in [0.1, 0.15) is 18.9 Å². The van der Waals surface area contributed by atoms with Crippen molar-refractivity contribution in [1.29, 1.82) is 0 Å². The molecule has 0 aromatic heterocycles. The zero-order chi connectivity index (χ0) is 14.0. The highest BCUT2D eigenvalue weighted by Crippen LogP contribution is 2.13. The molecule has 102 valence electrons. The Kier molecular flexibility index (Phi) is 3.57. The van der Waals surface area contributed by atoms with Crippen LogP contribution in [-0.4, -0.2) is 31.7 Å². The lowest BCUT2D eigenvalue weighted by molar-refractivity contribution is 0.196. The molecule has 0 saturated carbocycles. The van der Waals surface area contributed by atoms with E-state index in [0.717, 1.165) is 10.6 Å². The molecule has 1 heterocycles. The topological polar surface area (TPSA) is 78.8 Å². The molecule has 0 bridgehead atoms. The molecule has 1 unspecified atom stereocenters. The van der Waals surface area contributed by atoms with Crippen molar-refractivity contribution >= 4 is 22.3 Å². The third-order valence-corrected chi connectivity index (χ3v) is 4.17. The van der Waals surface area contributed by atoms with Crippen molar-refractivity contribution in [2.45, 2.75) is 31.2 Å². The SMILES string of the molecule is Cc1ccc(S(=O)(=O)NC(=O)N2N=CCC2C)cc1. The predicted octanol–water partition coefficient (Wildman–Crippen LogP) is 1.47. The Morgan fingerprint density at radius 2 is 2.00 bits per heavy atom. The second-order valence-electron chi connectivity index (χ2n) is 4.45. The van der Waals surface area contributed by atoms with E-state index in [9.17, 15) is 13.2 Å². The first-order valence-electron chi connectivity index (χ1n) is 5.85. The third-order valence-electron chi connectivity index (χ3n) is 2.83. The van der Waals surface area contributed by atoms with Crippen molar-refractivity contribution in [3.05, 3.63) is 29.8 Å². The van der Waals surface area contributed by atoms with Crippen molar-refractivity contribution in [2.24, 2.45) is 5.10 Å². The molecule has 19 heavy (non-hydrogen) atoms. The highest BCUT2D eigenvalue weighted by atomic mass is 32.2. The summed E-state index contributed by atoms with van der Waals surface area (Å²) in [6.45, 7) is 3.65. The summed E-state index contributed by atoms with van der Waals surface area (Å²) in [5.41, 5.74) is 0.947. The van der Waals surface area contributed by atoms with Gasteiger partial charge in [0.1, 0.15) is 0 Å². The molecule has 1 aromatic carbocycles. The molecule has 1 N–H and O–H groups in total. The predicted molar refractivity (Wildman–Crippen MR) is 71.3 cm³/mol. The first-order valence-corrected chi connectivity index (χ1v) is 7.33. The Morgan fingerprint density at radius 1 is 1.37 bits per heavy atom. The van der Waals surface area contributed by atoms with E-state index in [4.69, 9.17) is 0 Å². The summed E-state index contributed by atoms with van der Waals surface area (Å²) in [5, 5.41) is 4.97. The molecule has 0 saturated heterocycles. The molecule has 0 spiro atoms. The standard InChI is InChI=1S/C12H15N3O3S/c1-9-3-5-11(6-4-9)19(17,18)14-12(16)15-10(2)7-8-13-15/h3-6,8,10H,7H2,1-2H3,(H,14,16). The van der Waals surface area contributed by atoms with E-state index in [-0.39, 0.29) is 10.9 Å². The number of carbonyl (C=O) groups is 1. The Labute approximate surface area is 112 Å². The molecular formula is C12H15N3O3S. The van der Waals surface area contributed by atoms with Crippen LogP contribution in [0.2, 0.25) is 0 Å². The van der Waals surface area contributed by atoms with Gasteiger partial charge < -0.3 is 0 Å². The smallest absolute Gasteiger partial charge is 0.246 e. The van der Waals surface area contributed by atoms with Gasteiger partial charge in [0.05, 0.1) is 10.9 Å². The van der Waals surface area contributed by atoms with Crippen molar-refractivity contribution < 1.29 is 13.2 Å². The van der Waals surface area contributed by atoms with Gasteiger partial charge in [-0.15, -0.1) is 0 Å². The molecule has 6 nitrogen and oxygen atoms in total. The van der Waals surface area contributed by atoms with Gasteiger partial charge in [0.2, 0.25) is 0 Å². The molecule has 1 aliphatic rings. The lowest BCUT2D eigenvalue weighted by Crippen LogP contribution is -2.42. The van der Waals surface area contributed by atoms with Gasteiger partial charge >= 0.3 is 6.03 Å². The molecule has 2 amide bonds. The quantitative estimate of drug-likeness (QED) is 0.891. The van der Waals surface area contributed by atoms with Gasteiger partial charge in [-0.1, -0.05) is 17.7 Å². The molecule has 0 radical (unpaired) electrons. The monoisotopic (exact) mass is 281 g/mol. The fourth-order valence-corrected chi connectivity index (χ4v) is 2.63. The average Bonchev–Trinajstić information content (AvgIpc) is 2.75. The van der Waals surface area contributed by atoms with Crippen LogP contribution in [0.3, 0.4) is 0 Å². The number of benzene rings is 1. The number of nitrogens with zero attached hydrogens (tertiary/aromatic N) is 2. The minimum Gasteiger partial charge on any atom is -0.246 e. The van der Waals surface area contributed by atoms with Crippen molar-refractivity contribution in [1.82, 2.24) is 9.73 Å². The number of hydrogen-bond donors (Lipinski definition) is 1. The summed E-state index contributed by atoms with van der Waals surface area (Å²) in [4.78, 5) is 11.9. The van der Waals surface area contributed by atoms with Crippen LogP contribution in [0.25, 0.3) is 0 Å². The van der Waals surface area contributed by atoms with E-state index >= 15 is 0 Å². The summed E-state index contributed by atoms with van der Waals surface area (Å²) in [6, 6.07) is 5.41. The van der Waals surface area contributed by atoms with Crippen LogP contribution in [-0.2, 0) is 10.0 Å². The first-order chi connectivity index (χ1) is 8.90. The Morgan fingerprint density at radius 3 is 2.53 bits per heavy atom. The zero-order valence-electron chi connectivity index (χ0n) is 10.7. The molecule has 0 aliphatic carbocycles. The summed E-state index contributed by atoms with van der Waals surface area (Å²) in [5.74, 6) is 0. The summed E-state index contributed by atoms with van der Waals surface area (Å²) in [6.07, 6.45) is 2.21. The number of amides is 2. The Hall–Kier alpha value is -1.89. The van der Waals surface area contributed by atoms with E-state index in [1.807, 2.05) is 11.6 Å². The van der Waals surface area contributed by atoms with Gasteiger partial charge in [0, 0.05) is 12.6 Å². The number of urea groups is 1. The minimum absolute atomic E-state index is 0.0577. The van der Waals surface area contributed by atoms with Crippen LogP contribution >= 0.6 is 0 Å². The highest BCUT2D eigenvalue weighted by molar-refractivity contribution is 7.90.